The number of hydrogen-bond donors (Lipinski definition) is 1. The van der Waals surface area contributed by atoms with Crippen LogP contribution in [0.2, 0.25) is 0 Å². The van der Waals surface area contributed by atoms with E-state index in [1.807, 2.05) is 13.8 Å². The summed E-state index contributed by atoms with van der Waals surface area (Å²) in [4.78, 5) is 28.6. The van der Waals surface area contributed by atoms with E-state index < -0.39 is 0 Å². The molecule has 0 radical (unpaired) electrons. The zero-order valence-electron chi connectivity index (χ0n) is 14.0. The van der Waals surface area contributed by atoms with Crippen LogP contribution >= 0.6 is 11.3 Å². The van der Waals surface area contributed by atoms with Gasteiger partial charge in [-0.1, -0.05) is 24.3 Å². The van der Waals surface area contributed by atoms with E-state index >= 15 is 0 Å². The normalized spacial score (nSPS) is 10.8. The topological polar surface area (TPSA) is 85.6 Å². The average molecular weight is 358 g/mol. The first-order valence-corrected chi connectivity index (χ1v) is 8.76. The molecule has 1 aromatic carbocycles. The lowest BCUT2D eigenvalue weighted by Crippen LogP contribution is -2.16. The Bertz CT molecular complexity index is 964. The van der Waals surface area contributed by atoms with Crippen LogP contribution in [0.1, 0.15) is 30.5 Å². The molecule has 130 valence electrons. The molecule has 3 aromatic rings. The van der Waals surface area contributed by atoms with E-state index in [0.717, 1.165) is 11.4 Å². The van der Waals surface area contributed by atoms with Gasteiger partial charge in [0.25, 0.3) is 5.56 Å². The lowest BCUT2D eigenvalue weighted by Gasteiger charge is -2.09. The van der Waals surface area contributed by atoms with Crippen molar-refractivity contribution in [2.75, 3.05) is 5.32 Å². The highest BCUT2D eigenvalue weighted by atomic mass is 32.1. The van der Waals surface area contributed by atoms with Gasteiger partial charge >= 0.3 is 0 Å². The number of carbonyl (C=O) groups excluding carboxylic acids is 1. The highest BCUT2D eigenvalue weighted by Crippen LogP contribution is 2.19. The molecule has 2 aromatic heterocycles. The van der Waals surface area contributed by atoms with E-state index in [9.17, 15) is 9.59 Å². The Labute approximate surface area is 148 Å². The standard InChI is InChI=1S/C17H18N4O3S/c1-3-5-15(22)18-12-6-4-7-14(8-12)24-10-13-9-16(23)21-17(19-13)25-11(2)20-21/h4,6-9H,3,5,10H2,1-2H3,(H,18,22). The van der Waals surface area contributed by atoms with Crippen LogP contribution in [0.3, 0.4) is 0 Å². The van der Waals surface area contributed by atoms with Crippen LogP contribution in [-0.2, 0) is 11.4 Å². The Hall–Kier alpha value is -2.74. The van der Waals surface area contributed by atoms with Gasteiger partial charge in [-0.25, -0.2) is 4.98 Å². The minimum absolute atomic E-state index is 0.0274. The predicted octanol–water partition coefficient (Wildman–Crippen LogP) is 2.78. The quantitative estimate of drug-likeness (QED) is 0.732. The van der Waals surface area contributed by atoms with Crippen molar-refractivity contribution in [1.29, 1.82) is 0 Å². The van der Waals surface area contributed by atoms with Crippen molar-refractivity contribution in [1.82, 2.24) is 14.6 Å². The van der Waals surface area contributed by atoms with E-state index in [4.69, 9.17) is 4.74 Å². The number of anilines is 1. The monoisotopic (exact) mass is 358 g/mol. The predicted molar refractivity (Wildman–Crippen MR) is 96.2 cm³/mol. The molecule has 1 N–H and O–H groups in total. The molecule has 1 amide bonds. The van der Waals surface area contributed by atoms with Crippen molar-refractivity contribution in [3.8, 4) is 5.75 Å². The molecule has 3 rings (SSSR count). The zero-order chi connectivity index (χ0) is 17.8. The first-order valence-electron chi connectivity index (χ1n) is 7.94. The fourth-order valence-electron chi connectivity index (χ4n) is 2.30. The number of amides is 1. The van der Waals surface area contributed by atoms with Crippen LogP contribution in [0.5, 0.6) is 5.75 Å². The zero-order valence-corrected chi connectivity index (χ0v) is 14.8. The van der Waals surface area contributed by atoms with Crippen molar-refractivity contribution in [3.05, 3.63) is 51.4 Å². The van der Waals surface area contributed by atoms with Crippen molar-refractivity contribution < 1.29 is 9.53 Å². The van der Waals surface area contributed by atoms with Crippen LogP contribution in [-0.4, -0.2) is 20.5 Å². The van der Waals surface area contributed by atoms with Crippen LogP contribution in [0.15, 0.2) is 35.1 Å². The molecule has 0 aliphatic heterocycles. The molecule has 0 fully saturated rings. The summed E-state index contributed by atoms with van der Waals surface area (Å²) < 4.78 is 6.99. The van der Waals surface area contributed by atoms with Gasteiger partial charge in [-0.2, -0.15) is 9.61 Å². The molecule has 8 heteroatoms. The number of fused-ring (bicyclic) bond motifs is 1. The van der Waals surface area contributed by atoms with Crippen LogP contribution in [0.25, 0.3) is 4.96 Å². The number of rotatable bonds is 6. The molecular formula is C17H18N4O3S. The largest absolute Gasteiger partial charge is 0.487 e. The lowest BCUT2D eigenvalue weighted by molar-refractivity contribution is -0.116. The third-order valence-corrected chi connectivity index (χ3v) is 4.20. The van der Waals surface area contributed by atoms with E-state index in [0.29, 0.717) is 28.5 Å². The fourth-order valence-corrected chi connectivity index (χ4v) is 3.06. The SMILES string of the molecule is CCCC(=O)Nc1cccc(OCc2cc(=O)n3nc(C)sc3n2)c1. The van der Waals surface area contributed by atoms with Gasteiger partial charge in [0.15, 0.2) is 0 Å². The summed E-state index contributed by atoms with van der Waals surface area (Å²) in [6.07, 6.45) is 1.27. The number of nitrogens with one attached hydrogen (secondary N) is 1. The molecule has 0 aliphatic rings. The molecule has 0 spiro atoms. The number of nitrogens with zero attached hydrogens (tertiary/aromatic N) is 3. The summed E-state index contributed by atoms with van der Waals surface area (Å²) in [6.45, 7) is 3.94. The Kier molecular flexibility index (Phi) is 5.08. The molecular weight excluding hydrogens is 340 g/mol. The number of hydrogen-bond acceptors (Lipinski definition) is 6. The van der Waals surface area contributed by atoms with Gasteiger partial charge < -0.3 is 10.1 Å². The molecule has 25 heavy (non-hydrogen) atoms. The van der Waals surface area contributed by atoms with Gasteiger partial charge in [-0.15, -0.1) is 0 Å². The van der Waals surface area contributed by atoms with E-state index in [-0.39, 0.29) is 18.1 Å². The average Bonchev–Trinajstić information content (AvgIpc) is 2.94. The summed E-state index contributed by atoms with van der Waals surface area (Å²) in [5, 5.41) is 7.70. The number of ether oxygens (including phenoxy) is 1. The third-order valence-electron chi connectivity index (χ3n) is 3.38. The number of aromatic nitrogens is 3. The van der Waals surface area contributed by atoms with Crippen molar-refractivity contribution in [2.45, 2.75) is 33.3 Å². The number of benzene rings is 1. The summed E-state index contributed by atoms with van der Waals surface area (Å²) in [5.74, 6) is 0.567. The summed E-state index contributed by atoms with van der Waals surface area (Å²) in [6, 6.07) is 8.55. The van der Waals surface area contributed by atoms with Crippen LogP contribution in [0.4, 0.5) is 5.69 Å². The number of aryl methyl sites for hydroxylation is 1. The van der Waals surface area contributed by atoms with Gasteiger partial charge in [0, 0.05) is 24.2 Å². The molecule has 0 saturated carbocycles. The molecule has 0 bridgehead atoms. The smallest absolute Gasteiger partial charge is 0.275 e. The second-order valence-electron chi connectivity index (χ2n) is 5.52. The number of carbonyl (C=O) groups is 1. The highest BCUT2D eigenvalue weighted by molar-refractivity contribution is 7.16. The minimum Gasteiger partial charge on any atom is -0.487 e. The summed E-state index contributed by atoms with van der Waals surface area (Å²) in [5.41, 5.74) is 0.986. The van der Waals surface area contributed by atoms with E-state index in [2.05, 4.69) is 15.4 Å². The third kappa shape index (κ3) is 4.21. The Morgan fingerprint density at radius 3 is 3.00 bits per heavy atom. The van der Waals surface area contributed by atoms with Gasteiger partial charge in [-0.05, 0) is 25.5 Å². The molecule has 0 aliphatic carbocycles. The summed E-state index contributed by atoms with van der Waals surface area (Å²) >= 11 is 1.35. The fraction of sp³-hybridized carbons (Fsp3) is 0.294. The molecule has 7 nitrogen and oxygen atoms in total. The van der Waals surface area contributed by atoms with Crippen LogP contribution in [0, 0.1) is 6.92 Å². The molecule has 0 atom stereocenters. The Morgan fingerprint density at radius 1 is 1.36 bits per heavy atom. The van der Waals surface area contributed by atoms with Crippen LogP contribution < -0.4 is 15.6 Å². The minimum atomic E-state index is -0.228. The van der Waals surface area contributed by atoms with Gasteiger partial charge in [0.2, 0.25) is 10.9 Å². The maximum atomic E-state index is 12.0. The van der Waals surface area contributed by atoms with Gasteiger partial charge in [0.1, 0.15) is 17.4 Å². The first-order chi connectivity index (χ1) is 12.0. The van der Waals surface area contributed by atoms with Crippen molar-refractivity contribution >= 4 is 27.9 Å². The van der Waals surface area contributed by atoms with E-state index in [1.165, 1.54) is 21.9 Å². The van der Waals surface area contributed by atoms with Gasteiger partial charge in [-0.3, -0.25) is 9.59 Å². The molecule has 0 saturated heterocycles. The second kappa shape index (κ2) is 7.43. The van der Waals surface area contributed by atoms with Gasteiger partial charge in [0.05, 0.1) is 5.69 Å². The van der Waals surface area contributed by atoms with E-state index in [1.54, 1.807) is 24.3 Å². The molecule has 0 unspecified atom stereocenters. The maximum Gasteiger partial charge on any atom is 0.275 e. The van der Waals surface area contributed by atoms with Crippen molar-refractivity contribution in [3.63, 3.8) is 0 Å². The first kappa shape index (κ1) is 17.1. The summed E-state index contributed by atoms with van der Waals surface area (Å²) in [7, 11) is 0. The Morgan fingerprint density at radius 2 is 2.20 bits per heavy atom. The highest BCUT2D eigenvalue weighted by Gasteiger charge is 2.08. The maximum absolute atomic E-state index is 12.0. The second-order valence-corrected chi connectivity index (χ2v) is 6.68. The van der Waals surface area contributed by atoms with Crippen molar-refractivity contribution in [2.24, 2.45) is 0 Å². The Balaban J connectivity index is 1.71. The molecule has 2 heterocycles. The lowest BCUT2D eigenvalue weighted by atomic mass is 10.2.